The van der Waals surface area contributed by atoms with Crippen LogP contribution in [-0.2, 0) is 19.0 Å². The number of nitrogens with two attached hydrogens (primary N) is 1. The largest absolute Gasteiger partial charge is 0.507 e. The maximum absolute atomic E-state index is 12.3. The van der Waals surface area contributed by atoms with Crippen LogP contribution in [-0.4, -0.2) is 99.3 Å². The van der Waals surface area contributed by atoms with Gasteiger partial charge in [-0.15, -0.1) is 0 Å². The molecule has 0 spiro atoms. The Morgan fingerprint density at radius 2 is 2.03 bits per heavy atom. The van der Waals surface area contributed by atoms with Gasteiger partial charge in [-0.2, -0.15) is 0 Å². The van der Waals surface area contributed by atoms with E-state index in [4.69, 9.17) is 20.3 Å². The van der Waals surface area contributed by atoms with Gasteiger partial charge in [0.25, 0.3) is 5.79 Å². The highest BCUT2D eigenvalue weighted by Gasteiger charge is 2.54. The average molecular weight is 446 g/mol. The van der Waals surface area contributed by atoms with Crippen LogP contribution in [0.25, 0.3) is 0 Å². The Balaban J connectivity index is 2.04. The van der Waals surface area contributed by atoms with E-state index in [0.29, 0.717) is 0 Å². The number of benzene rings is 1. The van der Waals surface area contributed by atoms with Gasteiger partial charge in [0.1, 0.15) is 29.6 Å². The van der Waals surface area contributed by atoms with Crippen LogP contribution in [0.15, 0.2) is 18.2 Å². The van der Waals surface area contributed by atoms with Gasteiger partial charge in [0.2, 0.25) is 6.79 Å². The predicted molar refractivity (Wildman–Crippen MR) is 101 cm³/mol. The highest BCUT2D eigenvalue weighted by molar-refractivity contribution is 5.93. The lowest BCUT2D eigenvalue weighted by molar-refractivity contribution is -0.299. The highest BCUT2D eigenvalue weighted by atomic mass is 16.7. The van der Waals surface area contributed by atoms with Crippen LogP contribution >= 0.6 is 0 Å². The summed E-state index contributed by atoms with van der Waals surface area (Å²) < 4.78 is 14.6. The number of ether oxygens (including phenoxy) is 3. The Bertz CT molecular complexity index is 792. The number of anilines is 1. The molecular weight excluding hydrogens is 420 g/mol. The lowest BCUT2D eigenvalue weighted by atomic mass is 9.89. The zero-order valence-corrected chi connectivity index (χ0v) is 16.5. The number of likely N-dealkylation sites (N-methyl/N-ethyl adjacent to an activating group) is 1. The Hall–Kier alpha value is -2.52. The second-order valence-corrected chi connectivity index (χ2v) is 6.95. The number of phenols is 1. The number of phenolic OH excluding ortho intramolecular Hbond substituents is 1. The molecule has 1 fully saturated rings. The van der Waals surface area contributed by atoms with E-state index in [9.17, 15) is 35.1 Å². The lowest BCUT2D eigenvalue weighted by Gasteiger charge is -2.44. The molecule has 0 radical (unpaired) electrons. The second kappa shape index (κ2) is 10.2. The number of rotatable bonds is 8. The quantitative estimate of drug-likeness (QED) is 0.0852. The van der Waals surface area contributed by atoms with Crippen LogP contribution in [0.5, 0.6) is 5.75 Å². The van der Waals surface area contributed by atoms with Gasteiger partial charge in [0.15, 0.2) is 0 Å². The molecule has 13 nitrogen and oxygen atoms in total. The fourth-order valence-electron chi connectivity index (χ4n) is 3.12. The molecule has 0 aliphatic carbocycles. The summed E-state index contributed by atoms with van der Waals surface area (Å²) in [7, 11) is 1.41. The van der Waals surface area contributed by atoms with Gasteiger partial charge in [0, 0.05) is 12.1 Å². The zero-order valence-electron chi connectivity index (χ0n) is 16.5. The number of nitrogens with one attached hydrogen (secondary N) is 1. The summed E-state index contributed by atoms with van der Waals surface area (Å²) >= 11 is 0. The summed E-state index contributed by atoms with van der Waals surface area (Å²) in [5.41, 5.74) is 5.42. The Kier molecular flexibility index (Phi) is 8.14. The van der Waals surface area contributed by atoms with E-state index in [1.807, 2.05) is 0 Å². The number of aliphatic hydroxyl groups excluding tert-OH is 4. The molecule has 0 saturated carbocycles. The van der Waals surface area contributed by atoms with Crippen molar-refractivity contribution in [3.8, 4) is 5.75 Å². The smallest absolute Gasteiger partial charge is 0.369 e. The van der Waals surface area contributed by atoms with Crippen molar-refractivity contribution in [1.29, 1.82) is 0 Å². The molecule has 1 heterocycles. The molecule has 0 aromatic heterocycles. The van der Waals surface area contributed by atoms with Gasteiger partial charge in [-0.3, -0.25) is 0 Å². The lowest BCUT2D eigenvalue weighted by Crippen LogP contribution is -2.66. The molecule has 9 N–H and O–H groups in total. The third-order valence-electron chi connectivity index (χ3n) is 4.78. The molecule has 1 aromatic carbocycles. The van der Waals surface area contributed by atoms with E-state index in [-0.39, 0.29) is 11.3 Å². The summed E-state index contributed by atoms with van der Waals surface area (Å²) in [6.45, 7) is -1.82. The van der Waals surface area contributed by atoms with Gasteiger partial charge in [0.05, 0.1) is 18.8 Å². The van der Waals surface area contributed by atoms with Crippen LogP contribution in [0.3, 0.4) is 0 Å². The minimum Gasteiger partial charge on any atom is -0.507 e. The fourth-order valence-corrected chi connectivity index (χ4v) is 3.12. The molecule has 1 aliphatic heterocycles. The number of carbonyl (C=O) groups excluding carboxylic acids is 2. The van der Waals surface area contributed by atoms with Crippen LogP contribution in [0.1, 0.15) is 16.8 Å². The van der Waals surface area contributed by atoms with Crippen molar-refractivity contribution < 1.29 is 54.4 Å². The van der Waals surface area contributed by atoms with E-state index in [1.165, 1.54) is 19.2 Å². The van der Waals surface area contributed by atoms with Crippen molar-refractivity contribution >= 4 is 17.6 Å². The minimum absolute atomic E-state index is 0.175. The average Bonchev–Trinajstić information content (AvgIpc) is 2.73. The first kappa shape index (κ1) is 24.7. The van der Waals surface area contributed by atoms with Gasteiger partial charge >= 0.3 is 11.9 Å². The Morgan fingerprint density at radius 1 is 1.35 bits per heavy atom. The molecule has 1 saturated heterocycles. The molecule has 1 aromatic rings. The topological polar surface area (TPSA) is 221 Å². The Morgan fingerprint density at radius 3 is 2.65 bits per heavy atom. The fraction of sp³-hybridized carbons (Fsp3) is 0.556. The molecular formula is C18H26N2O11. The number of nitrogen functional groups attached to an aromatic ring is 1. The number of carbonyl (C=O) groups is 2. The monoisotopic (exact) mass is 446 g/mol. The first-order chi connectivity index (χ1) is 14.5. The van der Waals surface area contributed by atoms with E-state index in [2.05, 4.69) is 10.1 Å². The van der Waals surface area contributed by atoms with Crippen LogP contribution in [0, 0.1) is 0 Å². The van der Waals surface area contributed by atoms with Crippen molar-refractivity contribution in [3.05, 3.63) is 23.8 Å². The normalized spacial score (nSPS) is 27.9. The standard InChI is InChI=1S/C18H26N2O11/c1-20-13-11(23)5-18(28,31-15(13)14(25)12(24)6-21)17(27)30-7-29-16(26)9-4-8(19)2-3-10(9)22/h2-4,11-15,20-25,28H,5-7,19H2,1H3/t11-,12?,13?,14?,15-,18?/m0/s1. The molecule has 1 aliphatic rings. The minimum atomic E-state index is -2.75. The maximum Gasteiger partial charge on any atom is 0.369 e. The first-order valence-electron chi connectivity index (χ1n) is 9.19. The molecule has 0 bridgehead atoms. The second-order valence-electron chi connectivity index (χ2n) is 6.95. The van der Waals surface area contributed by atoms with Gasteiger partial charge in [-0.25, -0.2) is 9.59 Å². The summed E-state index contributed by atoms with van der Waals surface area (Å²) in [4.78, 5) is 24.3. The van der Waals surface area contributed by atoms with E-state index < -0.39 is 73.8 Å². The number of hydrogen-bond donors (Lipinski definition) is 8. The first-order valence-corrected chi connectivity index (χ1v) is 9.19. The predicted octanol–water partition coefficient (Wildman–Crippen LogP) is -3.23. The Labute approximate surface area is 176 Å². The number of aliphatic hydroxyl groups is 5. The van der Waals surface area contributed by atoms with Gasteiger partial charge in [-0.1, -0.05) is 0 Å². The summed E-state index contributed by atoms with van der Waals surface area (Å²) in [5.74, 6) is -5.68. The van der Waals surface area contributed by atoms with Crippen molar-refractivity contribution in [3.63, 3.8) is 0 Å². The number of esters is 2. The van der Waals surface area contributed by atoms with Crippen molar-refractivity contribution in [1.82, 2.24) is 5.32 Å². The van der Waals surface area contributed by atoms with Crippen molar-refractivity contribution in [2.24, 2.45) is 0 Å². The van der Waals surface area contributed by atoms with Crippen LogP contribution < -0.4 is 11.1 Å². The summed E-state index contributed by atoms with van der Waals surface area (Å²) in [6, 6.07) is 2.66. The number of hydrogen-bond acceptors (Lipinski definition) is 13. The third-order valence-corrected chi connectivity index (χ3v) is 4.78. The molecule has 0 amide bonds. The molecule has 2 rings (SSSR count). The summed E-state index contributed by atoms with van der Waals surface area (Å²) in [6.07, 6.45) is -7.06. The highest BCUT2D eigenvalue weighted by Crippen LogP contribution is 2.31. The molecule has 13 heteroatoms. The van der Waals surface area contributed by atoms with Gasteiger partial charge < -0.3 is 55.9 Å². The molecule has 31 heavy (non-hydrogen) atoms. The SMILES string of the molecule is CNC1[C@@H](C(O)C(O)CO)OC(O)(C(=O)OCOC(=O)c2cc(N)ccc2O)C[C@@H]1O. The maximum atomic E-state index is 12.3. The van der Waals surface area contributed by atoms with E-state index in [0.717, 1.165) is 6.07 Å². The van der Waals surface area contributed by atoms with Crippen molar-refractivity contribution in [2.45, 2.75) is 42.7 Å². The molecule has 4 unspecified atom stereocenters. The molecule has 6 atom stereocenters. The zero-order chi connectivity index (χ0) is 23.3. The van der Waals surface area contributed by atoms with E-state index >= 15 is 0 Å². The summed E-state index contributed by atoms with van der Waals surface area (Å²) in [5, 5.41) is 61.9. The van der Waals surface area contributed by atoms with Crippen LogP contribution in [0.4, 0.5) is 5.69 Å². The molecule has 174 valence electrons. The third kappa shape index (κ3) is 5.59. The van der Waals surface area contributed by atoms with Crippen molar-refractivity contribution in [2.75, 3.05) is 26.2 Å². The van der Waals surface area contributed by atoms with E-state index in [1.54, 1.807) is 0 Å². The van der Waals surface area contributed by atoms with Gasteiger partial charge in [-0.05, 0) is 25.2 Å². The van der Waals surface area contributed by atoms with Crippen LogP contribution in [0.2, 0.25) is 0 Å². The number of aromatic hydroxyl groups is 1.